The van der Waals surface area contributed by atoms with Gasteiger partial charge in [-0.15, -0.1) is 0 Å². The molecule has 0 amide bonds. The molecular formula is C25H26O6. The zero-order valence-corrected chi connectivity index (χ0v) is 17.7. The van der Waals surface area contributed by atoms with Crippen LogP contribution in [0.5, 0.6) is 11.5 Å². The van der Waals surface area contributed by atoms with Gasteiger partial charge in [-0.05, 0) is 42.3 Å². The summed E-state index contributed by atoms with van der Waals surface area (Å²) in [4.78, 5) is 34.9. The van der Waals surface area contributed by atoms with Crippen LogP contribution in [0.2, 0.25) is 0 Å². The monoisotopic (exact) mass is 422 g/mol. The normalized spacial score (nSPS) is 10.9. The van der Waals surface area contributed by atoms with E-state index >= 15 is 0 Å². The van der Waals surface area contributed by atoms with E-state index in [4.69, 9.17) is 14.2 Å². The maximum Gasteiger partial charge on any atom is 0.313 e. The van der Waals surface area contributed by atoms with Gasteiger partial charge in [-0.3, -0.25) is 14.4 Å². The Morgan fingerprint density at radius 2 is 1.74 bits per heavy atom. The average molecular weight is 422 g/mol. The Kier molecular flexibility index (Phi) is 9.75. The molecule has 0 aliphatic heterocycles. The predicted octanol–water partition coefficient (Wildman–Crippen LogP) is 4.33. The first-order chi connectivity index (χ1) is 15.0. The SMILES string of the molecule is CCOC(=O)CC(=O)C/C=C/C(=O)/C=C/c1ccc(OC)c(OCc2ccccc2)c1. The molecule has 6 nitrogen and oxygen atoms in total. The van der Waals surface area contributed by atoms with Crippen molar-refractivity contribution in [1.29, 1.82) is 0 Å². The molecule has 0 saturated heterocycles. The van der Waals surface area contributed by atoms with Crippen molar-refractivity contribution in [2.75, 3.05) is 13.7 Å². The summed E-state index contributed by atoms with van der Waals surface area (Å²) in [5, 5.41) is 0. The number of rotatable bonds is 12. The minimum Gasteiger partial charge on any atom is -0.493 e. The fraction of sp³-hybridized carbons (Fsp3) is 0.240. The van der Waals surface area contributed by atoms with E-state index in [1.54, 1.807) is 32.2 Å². The lowest BCUT2D eigenvalue weighted by molar-refractivity contribution is -0.145. The molecule has 0 radical (unpaired) electrons. The quantitative estimate of drug-likeness (QED) is 0.288. The topological polar surface area (TPSA) is 78.9 Å². The molecule has 0 spiro atoms. The number of Topliss-reactive ketones (excluding diaryl/α,β-unsaturated/α-hetero) is 1. The molecule has 31 heavy (non-hydrogen) atoms. The molecule has 2 aromatic carbocycles. The maximum absolute atomic E-state index is 12.0. The lowest BCUT2D eigenvalue weighted by Gasteiger charge is -2.11. The summed E-state index contributed by atoms with van der Waals surface area (Å²) >= 11 is 0. The number of benzene rings is 2. The highest BCUT2D eigenvalue weighted by Crippen LogP contribution is 2.29. The van der Waals surface area contributed by atoms with Crippen molar-refractivity contribution in [3.05, 3.63) is 77.9 Å². The summed E-state index contributed by atoms with van der Waals surface area (Å²) in [5.74, 6) is 0.0331. The number of hydrogen-bond acceptors (Lipinski definition) is 6. The molecule has 162 valence electrons. The smallest absolute Gasteiger partial charge is 0.313 e. The summed E-state index contributed by atoms with van der Waals surface area (Å²) in [6, 6.07) is 15.1. The number of esters is 1. The van der Waals surface area contributed by atoms with Crippen molar-refractivity contribution in [2.45, 2.75) is 26.4 Å². The number of methoxy groups -OCH3 is 1. The fourth-order valence-corrected chi connectivity index (χ4v) is 2.63. The highest BCUT2D eigenvalue weighted by atomic mass is 16.5. The van der Waals surface area contributed by atoms with Crippen LogP contribution in [0.3, 0.4) is 0 Å². The Morgan fingerprint density at radius 3 is 2.45 bits per heavy atom. The summed E-state index contributed by atoms with van der Waals surface area (Å²) in [7, 11) is 1.57. The molecule has 0 unspecified atom stereocenters. The maximum atomic E-state index is 12.0. The zero-order chi connectivity index (χ0) is 22.5. The molecule has 0 fully saturated rings. The number of carbonyl (C=O) groups is 3. The molecule has 0 N–H and O–H groups in total. The summed E-state index contributed by atoms with van der Waals surface area (Å²) < 4.78 is 15.9. The second-order valence-electron chi connectivity index (χ2n) is 6.55. The molecular weight excluding hydrogens is 396 g/mol. The van der Waals surface area contributed by atoms with E-state index in [2.05, 4.69) is 0 Å². The van der Waals surface area contributed by atoms with Gasteiger partial charge in [0.2, 0.25) is 0 Å². The average Bonchev–Trinajstić information content (AvgIpc) is 2.77. The van der Waals surface area contributed by atoms with Gasteiger partial charge in [0.05, 0.1) is 13.7 Å². The number of hydrogen-bond donors (Lipinski definition) is 0. The van der Waals surface area contributed by atoms with Gasteiger partial charge >= 0.3 is 5.97 Å². The first-order valence-electron chi connectivity index (χ1n) is 9.92. The van der Waals surface area contributed by atoms with Gasteiger partial charge in [0.25, 0.3) is 0 Å². The van der Waals surface area contributed by atoms with Crippen molar-refractivity contribution in [3.8, 4) is 11.5 Å². The van der Waals surface area contributed by atoms with E-state index in [1.165, 1.54) is 18.2 Å². The second-order valence-corrected chi connectivity index (χ2v) is 6.55. The van der Waals surface area contributed by atoms with Crippen LogP contribution in [0.25, 0.3) is 6.08 Å². The van der Waals surface area contributed by atoms with Crippen molar-refractivity contribution < 1.29 is 28.6 Å². The minimum absolute atomic E-state index is 0.00158. The molecule has 0 aliphatic carbocycles. The highest BCUT2D eigenvalue weighted by Gasteiger charge is 2.08. The van der Waals surface area contributed by atoms with Gasteiger partial charge in [-0.2, -0.15) is 0 Å². The third kappa shape index (κ3) is 8.70. The van der Waals surface area contributed by atoms with Crippen LogP contribution in [0, 0.1) is 0 Å². The molecule has 0 atom stereocenters. The van der Waals surface area contributed by atoms with Crippen molar-refractivity contribution in [2.24, 2.45) is 0 Å². The van der Waals surface area contributed by atoms with Crippen LogP contribution in [0.15, 0.2) is 66.8 Å². The fourth-order valence-electron chi connectivity index (χ4n) is 2.63. The number of ether oxygens (including phenoxy) is 3. The number of carbonyl (C=O) groups excluding carboxylic acids is 3. The first-order valence-corrected chi connectivity index (χ1v) is 9.92. The van der Waals surface area contributed by atoms with Gasteiger partial charge in [0.1, 0.15) is 18.8 Å². The van der Waals surface area contributed by atoms with Crippen molar-refractivity contribution in [1.82, 2.24) is 0 Å². The Hall–Kier alpha value is -3.67. The number of allylic oxidation sites excluding steroid dienone is 3. The largest absolute Gasteiger partial charge is 0.493 e. The van der Waals surface area contributed by atoms with Crippen LogP contribution in [0.4, 0.5) is 0 Å². The molecule has 6 heteroatoms. The number of ketones is 2. The van der Waals surface area contributed by atoms with Crippen LogP contribution in [-0.2, 0) is 25.7 Å². The Bertz CT molecular complexity index is 944. The lowest BCUT2D eigenvalue weighted by Crippen LogP contribution is -2.10. The van der Waals surface area contributed by atoms with Gasteiger partial charge in [0.15, 0.2) is 17.3 Å². The van der Waals surface area contributed by atoms with Crippen LogP contribution >= 0.6 is 0 Å². The van der Waals surface area contributed by atoms with Gasteiger partial charge in [-0.1, -0.05) is 48.6 Å². The third-order valence-electron chi connectivity index (χ3n) is 4.14. The minimum atomic E-state index is -0.558. The predicted molar refractivity (Wildman–Crippen MR) is 118 cm³/mol. The molecule has 2 aromatic rings. The van der Waals surface area contributed by atoms with E-state index in [9.17, 15) is 14.4 Å². The van der Waals surface area contributed by atoms with E-state index in [0.717, 1.165) is 11.1 Å². The van der Waals surface area contributed by atoms with Crippen LogP contribution in [-0.4, -0.2) is 31.3 Å². The lowest BCUT2D eigenvalue weighted by atomic mass is 10.1. The molecule has 0 heterocycles. The third-order valence-corrected chi connectivity index (χ3v) is 4.14. The summed E-state index contributed by atoms with van der Waals surface area (Å²) in [6.45, 7) is 2.30. The molecule has 0 aliphatic rings. The molecule has 0 bridgehead atoms. The van der Waals surface area contributed by atoms with E-state index in [1.807, 2.05) is 36.4 Å². The van der Waals surface area contributed by atoms with Gasteiger partial charge in [0, 0.05) is 6.42 Å². The standard InChI is InChI=1S/C25H26O6/c1-3-30-25(28)17-22(27)11-7-10-21(26)14-12-19-13-15-23(29-2)24(16-19)31-18-20-8-5-4-6-9-20/h4-10,12-16H,3,11,17-18H2,1-2H3/b10-7+,14-12+. The Labute approximate surface area is 182 Å². The Balaban J connectivity index is 1.92. The Morgan fingerprint density at radius 1 is 0.968 bits per heavy atom. The molecule has 2 rings (SSSR count). The van der Waals surface area contributed by atoms with Gasteiger partial charge in [-0.25, -0.2) is 0 Å². The van der Waals surface area contributed by atoms with E-state index in [0.29, 0.717) is 18.1 Å². The van der Waals surface area contributed by atoms with Crippen LogP contribution < -0.4 is 9.47 Å². The van der Waals surface area contributed by atoms with Crippen LogP contribution in [0.1, 0.15) is 30.9 Å². The second kappa shape index (κ2) is 12.8. The van der Waals surface area contributed by atoms with E-state index < -0.39 is 5.97 Å². The zero-order valence-electron chi connectivity index (χ0n) is 17.7. The highest BCUT2D eigenvalue weighted by molar-refractivity contribution is 6.03. The van der Waals surface area contributed by atoms with E-state index in [-0.39, 0.29) is 31.0 Å². The molecule has 0 saturated carbocycles. The first kappa shape index (κ1) is 23.6. The van der Waals surface area contributed by atoms with Crippen molar-refractivity contribution in [3.63, 3.8) is 0 Å². The summed E-state index contributed by atoms with van der Waals surface area (Å²) in [5.41, 5.74) is 1.80. The van der Waals surface area contributed by atoms with Crippen molar-refractivity contribution >= 4 is 23.6 Å². The summed E-state index contributed by atoms with van der Waals surface area (Å²) in [6.07, 6.45) is 5.50. The molecule has 0 aromatic heterocycles. The van der Waals surface area contributed by atoms with Gasteiger partial charge < -0.3 is 14.2 Å².